The highest BCUT2D eigenvalue weighted by molar-refractivity contribution is 9.10. The largest absolute Gasteiger partial charge is 0.380 e. The van der Waals surface area contributed by atoms with Gasteiger partial charge in [0, 0.05) is 18.4 Å². The lowest BCUT2D eigenvalue weighted by Gasteiger charge is -2.62. The van der Waals surface area contributed by atoms with Crippen molar-refractivity contribution in [2.75, 3.05) is 5.32 Å². The first kappa shape index (κ1) is 22.0. The summed E-state index contributed by atoms with van der Waals surface area (Å²) in [4.78, 5) is 21.3. The van der Waals surface area contributed by atoms with E-state index in [4.69, 9.17) is 5.84 Å². The number of nitrogens with zero attached hydrogens (tertiary/aromatic N) is 4. The molecule has 4 atom stereocenters. The van der Waals surface area contributed by atoms with Crippen molar-refractivity contribution in [3.63, 3.8) is 0 Å². The van der Waals surface area contributed by atoms with Gasteiger partial charge in [-0.2, -0.15) is 5.10 Å². The Bertz CT molecular complexity index is 1020. The predicted octanol–water partition coefficient (Wildman–Crippen LogP) is 2.95. The van der Waals surface area contributed by atoms with E-state index in [0.29, 0.717) is 34.2 Å². The van der Waals surface area contributed by atoms with Crippen molar-refractivity contribution in [2.45, 2.75) is 52.7 Å². The maximum Gasteiger partial charge on any atom is 0.283 e. The van der Waals surface area contributed by atoms with Gasteiger partial charge in [-0.1, -0.05) is 20.8 Å². The molecule has 3 aliphatic carbocycles. The molecular formula is C22H30BrN7O. The summed E-state index contributed by atoms with van der Waals surface area (Å²) in [5.74, 6) is 8.12. The second-order valence-corrected chi connectivity index (χ2v) is 10.1. The second kappa shape index (κ2) is 8.70. The number of nitrogens with two attached hydrogens (primary N) is 1. The molecule has 0 unspecified atom stereocenters. The molecule has 0 spiro atoms. The van der Waals surface area contributed by atoms with Crippen LogP contribution in [-0.4, -0.2) is 26.6 Å². The van der Waals surface area contributed by atoms with Crippen molar-refractivity contribution >= 4 is 27.5 Å². The highest BCUT2D eigenvalue weighted by Gasteiger charge is 2.56. The lowest BCUT2D eigenvalue weighted by molar-refractivity contribution is -0.105. The molecule has 2 bridgehead atoms. The molecule has 0 amide bonds. The van der Waals surface area contributed by atoms with Crippen LogP contribution in [0.2, 0.25) is 0 Å². The van der Waals surface area contributed by atoms with Crippen LogP contribution in [0.5, 0.6) is 0 Å². The third-order valence-corrected chi connectivity index (χ3v) is 8.11. The number of fused-ring (bicyclic) bond motifs is 2. The first-order chi connectivity index (χ1) is 14.8. The van der Waals surface area contributed by atoms with E-state index in [0.717, 1.165) is 29.5 Å². The molecule has 9 heteroatoms. The van der Waals surface area contributed by atoms with Crippen LogP contribution in [0.1, 0.15) is 39.2 Å². The Morgan fingerprint density at radius 3 is 2.74 bits per heavy atom. The number of aliphatic imine (C=N–C) groups is 1. The van der Waals surface area contributed by atoms with Crippen molar-refractivity contribution in [3.8, 4) is 0 Å². The van der Waals surface area contributed by atoms with Crippen LogP contribution in [0.4, 0.5) is 5.69 Å². The Morgan fingerprint density at radius 2 is 2.10 bits per heavy atom. The fourth-order valence-corrected chi connectivity index (χ4v) is 5.60. The molecule has 166 valence electrons. The first-order valence-electron chi connectivity index (χ1n) is 10.7. The summed E-state index contributed by atoms with van der Waals surface area (Å²) >= 11 is 3.48. The summed E-state index contributed by atoms with van der Waals surface area (Å²) < 4.78 is 1.84. The zero-order chi connectivity index (χ0) is 22.2. The number of hydrogen-bond acceptors (Lipinski definition) is 6. The SMILES string of the molecule is C[C@@H]1[C@H]2C[C@@H](C[C@H]1Nc1cnn(CC(=NCc3ccncc3)NN)c(=O)c1Br)C2(C)C. The Balaban J connectivity index is 1.45. The maximum atomic E-state index is 12.9. The summed E-state index contributed by atoms with van der Waals surface area (Å²) in [5, 5.41) is 7.94. The minimum atomic E-state index is -0.217. The van der Waals surface area contributed by atoms with Crippen LogP contribution in [0.25, 0.3) is 0 Å². The third kappa shape index (κ3) is 4.25. The summed E-state index contributed by atoms with van der Waals surface area (Å²) in [6.07, 6.45) is 7.59. The summed E-state index contributed by atoms with van der Waals surface area (Å²) in [6.45, 7) is 7.70. The normalized spacial score (nSPS) is 26.8. The van der Waals surface area contributed by atoms with Crippen LogP contribution in [-0.2, 0) is 13.1 Å². The van der Waals surface area contributed by atoms with Crippen LogP contribution in [0.3, 0.4) is 0 Å². The molecule has 0 aliphatic heterocycles. The standard InChI is InChI=1S/C22H30BrN7O/c1-13-16-8-15(22(16,2)3)9-17(13)28-18-11-27-30(21(31)20(18)23)12-19(29-24)26-10-14-4-6-25-7-5-14/h4-7,11,13,15-17,28H,8-10,12,24H2,1-3H3,(H,26,29)/t13-,15+,16-,17-/m1/s1. The van der Waals surface area contributed by atoms with Gasteiger partial charge < -0.3 is 10.7 Å². The van der Waals surface area contributed by atoms with Gasteiger partial charge >= 0.3 is 0 Å². The molecule has 3 aliphatic rings. The number of rotatable bonds is 6. The van der Waals surface area contributed by atoms with E-state index in [1.807, 2.05) is 12.1 Å². The highest BCUT2D eigenvalue weighted by Crippen LogP contribution is 2.61. The van der Waals surface area contributed by atoms with E-state index in [-0.39, 0.29) is 12.1 Å². The average Bonchev–Trinajstić information content (AvgIpc) is 2.77. The van der Waals surface area contributed by atoms with Crippen molar-refractivity contribution in [1.82, 2.24) is 20.2 Å². The van der Waals surface area contributed by atoms with E-state index < -0.39 is 0 Å². The van der Waals surface area contributed by atoms with E-state index in [1.165, 1.54) is 11.1 Å². The molecular weight excluding hydrogens is 458 g/mol. The molecule has 0 saturated heterocycles. The summed E-state index contributed by atoms with van der Waals surface area (Å²) in [5.41, 5.74) is 4.54. The van der Waals surface area contributed by atoms with Gasteiger partial charge in [0.15, 0.2) is 0 Å². The lowest BCUT2D eigenvalue weighted by atomic mass is 9.45. The summed E-state index contributed by atoms with van der Waals surface area (Å²) in [6, 6.07) is 4.13. The Morgan fingerprint density at radius 1 is 1.35 bits per heavy atom. The van der Waals surface area contributed by atoms with Crippen LogP contribution < -0.4 is 22.1 Å². The van der Waals surface area contributed by atoms with Crippen molar-refractivity contribution < 1.29 is 0 Å². The van der Waals surface area contributed by atoms with E-state index >= 15 is 0 Å². The molecule has 5 rings (SSSR count). The molecule has 3 fully saturated rings. The molecule has 3 saturated carbocycles. The second-order valence-electron chi connectivity index (χ2n) is 9.30. The smallest absolute Gasteiger partial charge is 0.283 e. The topological polar surface area (TPSA) is 110 Å². The Kier molecular flexibility index (Phi) is 6.16. The summed E-state index contributed by atoms with van der Waals surface area (Å²) in [7, 11) is 0. The minimum Gasteiger partial charge on any atom is -0.380 e. The fourth-order valence-electron chi connectivity index (χ4n) is 5.18. The van der Waals surface area contributed by atoms with Gasteiger partial charge in [0.2, 0.25) is 0 Å². The maximum absolute atomic E-state index is 12.9. The van der Waals surface area contributed by atoms with E-state index in [2.05, 4.69) is 62.5 Å². The molecule has 4 N–H and O–H groups in total. The monoisotopic (exact) mass is 487 g/mol. The molecule has 8 nitrogen and oxygen atoms in total. The van der Waals surface area contributed by atoms with Gasteiger partial charge in [-0.05, 0) is 69.6 Å². The minimum absolute atomic E-state index is 0.164. The molecule has 2 aromatic rings. The zero-order valence-electron chi connectivity index (χ0n) is 18.2. The zero-order valence-corrected chi connectivity index (χ0v) is 19.8. The van der Waals surface area contributed by atoms with E-state index in [9.17, 15) is 4.79 Å². The van der Waals surface area contributed by atoms with Crippen molar-refractivity contribution in [1.29, 1.82) is 0 Å². The predicted molar refractivity (Wildman–Crippen MR) is 125 cm³/mol. The third-order valence-electron chi connectivity index (χ3n) is 7.35. The number of nitrogens with one attached hydrogen (secondary N) is 2. The quantitative estimate of drug-likeness (QED) is 0.250. The van der Waals surface area contributed by atoms with Gasteiger partial charge in [0.05, 0.1) is 18.4 Å². The van der Waals surface area contributed by atoms with Gasteiger partial charge in [-0.3, -0.25) is 14.8 Å². The molecule has 0 aromatic carbocycles. The molecule has 0 radical (unpaired) electrons. The number of pyridine rings is 1. The van der Waals surface area contributed by atoms with Gasteiger partial charge in [-0.15, -0.1) is 0 Å². The van der Waals surface area contributed by atoms with Crippen LogP contribution in [0.15, 0.2) is 45.0 Å². The van der Waals surface area contributed by atoms with Gasteiger partial charge in [0.1, 0.15) is 16.9 Å². The van der Waals surface area contributed by atoms with Crippen molar-refractivity contribution in [2.24, 2.45) is 34.0 Å². The van der Waals surface area contributed by atoms with Crippen molar-refractivity contribution in [3.05, 3.63) is 51.1 Å². The van der Waals surface area contributed by atoms with Gasteiger partial charge in [0.25, 0.3) is 5.56 Å². The van der Waals surface area contributed by atoms with Crippen LogP contribution in [0, 0.1) is 23.2 Å². The average molecular weight is 488 g/mol. The lowest BCUT2D eigenvalue weighted by Crippen LogP contribution is -2.58. The number of anilines is 1. The number of halogens is 1. The van der Waals surface area contributed by atoms with Gasteiger partial charge in [-0.25, -0.2) is 10.5 Å². The first-order valence-corrected chi connectivity index (χ1v) is 11.5. The molecule has 2 heterocycles. The van der Waals surface area contributed by atoms with Crippen LogP contribution >= 0.6 is 15.9 Å². The fraction of sp³-hybridized carbons (Fsp3) is 0.545. The Hall–Kier alpha value is -2.26. The Labute approximate surface area is 190 Å². The number of hydrazine groups is 1. The molecule has 31 heavy (non-hydrogen) atoms. The number of aromatic nitrogens is 3. The highest BCUT2D eigenvalue weighted by atomic mass is 79.9. The number of amidine groups is 1. The number of hydrogen-bond donors (Lipinski definition) is 3. The molecule has 2 aromatic heterocycles. The van der Waals surface area contributed by atoms with E-state index in [1.54, 1.807) is 18.6 Å².